The van der Waals surface area contributed by atoms with E-state index in [1.165, 1.54) is 16.4 Å². The molecule has 0 aliphatic rings. The molecule has 8 heteroatoms. The van der Waals surface area contributed by atoms with Gasteiger partial charge >= 0.3 is 0 Å². The lowest BCUT2D eigenvalue weighted by Gasteiger charge is -2.24. The zero-order valence-corrected chi connectivity index (χ0v) is 17.6. The molecule has 0 saturated carbocycles. The Kier molecular flexibility index (Phi) is 9.99. The number of carbonyl (C=O) groups is 1. The average Bonchev–Trinajstić information content (AvgIpc) is 2.69. The van der Waals surface area contributed by atoms with Crippen LogP contribution >= 0.6 is 12.4 Å². The molecule has 0 aliphatic carbocycles. The largest absolute Gasteiger partial charge is 0.352 e. The Bertz CT molecular complexity index is 845. The number of nitrogens with two attached hydrogens (primary N) is 1. The maximum absolute atomic E-state index is 13.3. The number of amides is 1. The highest BCUT2D eigenvalue weighted by Gasteiger charge is 2.25. The molecular formula is C20H28ClN3O3S. The summed E-state index contributed by atoms with van der Waals surface area (Å²) in [6.45, 7) is 3.34. The fraction of sp³-hybridized carbons (Fsp3) is 0.350. The van der Waals surface area contributed by atoms with E-state index < -0.39 is 10.0 Å². The lowest BCUT2D eigenvalue weighted by molar-refractivity contribution is 0.0953. The molecule has 2 aromatic carbocycles. The number of halogens is 1. The third kappa shape index (κ3) is 6.22. The highest BCUT2D eigenvalue weighted by atomic mass is 35.5. The van der Waals surface area contributed by atoms with Crippen molar-refractivity contribution in [1.82, 2.24) is 5.32 Å². The molecule has 3 N–H and O–H groups in total. The summed E-state index contributed by atoms with van der Waals surface area (Å²) in [6, 6.07) is 15.2. The van der Waals surface area contributed by atoms with Crippen molar-refractivity contribution in [1.29, 1.82) is 0 Å². The Morgan fingerprint density at radius 3 is 2.43 bits per heavy atom. The van der Waals surface area contributed by atoms with Crippen molar-refractivity contribution in [2.24, 2.45) is 5.73 Å². The molecule has 0 spiro atoms. The molecule has 0 heterocycles. The molecule has 6 nitrogen and oxygen atoms in total. The molecular weight excluding hydrogens is 398 g/mol. The Morgan fingerprint density at radius 1 is 1.07 bits per heavy atom. The molecule has 0 saturated heterocycles. The van der Waals surface area contributed by atoms with E-state index in [-0.39, 0.29) is 23.2 Å². The number of nitrogens with one attached hydrogen (secondary N) is 1. The van der Waals surface area contributed by atoms with E-state index in [4.69, 9.17) is 5.73 Å². The molecule has 0 atom stereocenters. The molecule has 0 aromatic heterocycles. The van der Waals surface area contributed by atoms with Gasteiger partial charge in [-0.1, -0.05) is 37.6 Å². The van der Waals surface area contributed by atoms with Gasteiger partial charge in [-0.05, 0) is 49.7 Å². The van der Waals surface area contributed by atoms with Gasteiger partial charge in [-0.3, -0.25) is 9.10 Å². The van der Waals surface area contributed by atoms with Crippen LogP contribution in [0.2, 0.25) is 0 Å². The summed E-state index contributed by atoms with van der Waals surface area (Å²) >= 11 is 0. The molecule has 0 unspecified atom stereocenters. The Labute approximate surface area is 173 Å². The van der Waals surface area contributed by atoms with E-state index in [0.717, 1.165) is 12.8 Å². The summed E-state index contributed by atoms with van der Waals surface area (Å²) in [5.41, 5.74) is 6.36. The standard InChI is InChI=1S/C20H27N3O3S.ClH/c1-2-3-15-23(18-10-5-4-6-11-18)27(25,26)19-12-7-9-17(16-19)20(24)22-14-8-13-21;/h4-7,9-12,16H,2-3,8,13-15,21H2,1H3,(H,22,24);1H. The van der Waals surface area contributed by atoms with Crippen LogP contribution in [0.25, 0.3) is 0 Å². The van der Waals surface area contributed by atoms with Gasteiger partial charge in [0.1, 0.15) is 0 Å². The Hall–Kier alpha value is -2.09. The highest BCUT2D eigenvalue weighted by molar-refractivity contribution is 7.92. The van der Waals surface area contributed by atoms with Crippen molar-refractivity contribution in [3.63, 3.8) is 0 Å². The van der Waals surface area contributed by atoms with Gasteiger partial charge in [0.25, 0.3) is 15.9 Å². The summed E-state index contributed by atoms with van der Waals surface area (Å²) in [7, 11) is -3.77. The van der Waals surface area contributed by atoms with Crippen molar-refractivity contribution in [3.05, 3.63) is 60.2 Å². The summed E-state index contributed by atoms with van der Waals surface area (Å²) in [4.78, 5) is 12.4. The number of anilines is 1. The van der Waals surface area contributed by atoms with Gasteiger partial charge < -0.3 is 11.1 Å². The number of hydrogen-bond donors (Lipinski definition) is 2. The third-order valence-corrected chi connectivity index (χ3v) is 5.93. The molecule has 0 bridgehead atoms. The molecule has 2 rings (SSSR count). The molecule has 0 radical (unpaired) electrons. The molecule has 0 fully saturated rings. The van der Waals surface area contributed by atoms with E-state index in [1.54, 1.807) is 24.3 Å². The van der Waals surface area contributed by atoms with Crippen LogP contribution in [0, 0.1) is 0 Å². The minimum absolute atomic E-state index is 0. The number of hydrogen-bond acceptors (Lipinski definition) is 4. The van der Waals surface area contributed by atoms with Crippen LogP contribution in [-0.4, -0.2) is 34.0 Å². The number of sulfonamides is 1. The number of unbranched alkanes of at least 4 members (excludes halogenated alkanes) is 1. The molecule has 28 heavy (non-hydrogen) atoms. The van der Waals surface area contributed by atoms with Gasteiger partial charge in [-0.15, -0.1) is 12.4 Å². The predicted molar refractivity (Wildman–Crippen MR) is 116 cm³/mol. The topological polar surface area (TPSA) is 92.5 Å². The second-order valence-corrected chi connectivity index (χ2v) is 8.05. The number of para-hydroxylation sites is 1. The summed E-state index contributed by atoms with van der Waals surface area (Å²) < 4.78 is 27.9. The molecule has 2 aromatic rings. The first-order chi connectivity index (χ1) is 13.0. The van der Waals surface area contributed by atoms with Gasteiger partial charge in [0.15, 0.2) is 0 Å². The monoisotopic (exact) mass is 425 g/mol. The van der Waals surface area contributed by atoms with Gasteiger partial charge in [-0.2, -0.15) is 0 Å². The second kappa shape index (κ2) is 11.7. The Balaban J connectivity index is 0.00000392. The van der Waals surface area contributed by atoms with E-state index >= 15 is 0 Å². The van der Waals surface area contributed by atoms with Crippen molar-refractivity contribution < 1.29 is 13.2 Å². The van der Waals surface area contributed by atoms with Crippen LogP contribution in [-0.2, 0) is 10.0 Å². The molecule has 154 valence electrons. The summed E-state index contributed by atoms with van der Waals surface area (Å²) in [5, 5.41) is 2.75. The van der Waals surface area contributed by atoms with E-state index in [9.17, 15) is 13.2 Å². The molecule has 1 amide bonds. The fourth-order valence-electron chi connectivity index (χ4n) is 2.62. The smallest absolute Gasteiger partial charge is 0.264 e. The number of rotatable bonds is 10. The van der Waals surface area contributed by atoms with Crippen LogP contribution in [0.4, 0.5) is 5.69 Å². The lowest BCUT2D eigenvalue weighted by atomic mass is 10.2. The van der Waals surface area contributed by atoms with Gasteiger partial charge in [-0.25, -0.2) is 8.42 Å². The summed E-state index contributed by atoms with van der Waals surface area (Å²) in [6.07, 6.45) is 2.29. The minimum Gasteiger partial charge on any atom is -0.352 e. The number of carbonyl (C=O) groups excluding carboxylic acids is 1. The highest BCUT2D eigenvalue weighted by Crippen LogP contribution is 2.24. The first-order valence-electron chi connectivity index (χ1n) is 9.16. The zero-order valence-electron chi connectivity index (χ0n) is 16.0. The fourth-order valence-corrected chi connectivity index (χ4v) is 4.16. The van der Waals surface area contributed by atoms with Crippen molar-refractivity contribution in [2.45, 2.75) is 31.1 Å². The quantitative estimate of drug-likeness (QED) is 0.572. The third-order valence-electron chi connectivity index (χ3n) is 4.11. The Morgan fingerprint density at radius 2 is 1.79 bits per heavy atom. The first-order valence-corrected chi connectivity index (χ1v) is 10.6. The van der Waals surface area contributed by atoms with Crippen molar-refractivity contribution in [3.8, 4) is 0 Å². The predicted octanol–water partition coefficient (Wildman–Crippen LogP) is 3.18. The van der Waals surface area contributed by atoms with Crippen LogP contribution < -0.4 is 15.4 Å². The molecule has 0 aliphatic heterocycles. The van der Waals surface area contributed by atoms with Gasteiger partial charge in [0, 0.05) is 18.7 Å². The average molecular weight is 426 g/mol. The number of nitrogens with zero attached hydrogens (tertiary/aromatic N) is 1. The van der Waals surface area contributed by atoms with Crippen molar-refractivity contribution >= 4 is 34.0 Å². The minimum atomic E-state index is -3.77. The SMILES string of the molecule is CCCCN(c1ccccc1)S(=O)(=O)c1cccc(C(=O)NCCCN)c1.Cl. The van der Waals surface area contributed by atoms with E-state index in [0.29, 0.717) is 37.3 Å². The van der Waals surface area contributed by atoms with Crippen LogP contribution in [0.5, 0.6) is 0 Å². The van der Waals surface area contributed by atoms with E-state index in [2.05, 4.69) is 5.32 Å². The van der Waals surface area contributed by atoms with Gasteiger partial charge in [0.05, 0.1) is 10.6 Å². The number of benzene rings is 2. The zero-order chi connectivity index (χ0) is 19.7. The second-order valence-electron chi connectivity index (χ2n) is 6.19. The lowest BCUT2D eigenvalue weighted by Crippen LogP contribution is -2.32. The van der Waals surface area contributed by atoms with Crippen molar-refractivity contribution in [2.75, 3.05) is 23.9 Å². The summed E-state index contributed by atoms with van der Waals surface area (Å²) in [5.74, 6) is -0.305. The normalized spacial score (nSPS) is 10.8. The van der Waals surface area contributed by atoms with Gasteiger partial charge in [0.2, 0.25) is 0 Å². The van der Waals surface area contributed by atoms with Crippen LogP contribution in [0.15, 0.2) is 59.5 Å². The van der Waals surface area contributed by atoms with Crippen LogP contribution in [0.3, 0.4) is 0 Å². The van der Waals surface area contributed by atoms with Crippen LogP contribution in [0.1, 0.15) is 36.5 Å². The maximum atomic E-state index is 13.3. The first kappa shape index (κ1) is 23.9. The maximum Gasteiger partial charge on any atom is 0.264 e. The van der Waals surface area contributed by atoms with E-state index in [1.807, 2.05) is 25.1 Å².